The van der Waals surface area contributed by atoms with E-state index in [0.29, 0.717) is 0 Å². The molecule has 0 N–H and O–H groups in total. The van der Waals surface area contributed by atoms with E-state index >= 15 is 0 Å². The molecule has 0 saturated heterocycles. The van der Waals surface area contributed by atoms with Crippen molar-refractivity contribution in [3.8, 4) is 43.1 Å². The summed E-state index contributed by atoms with van der Waals surface area (Å²) in [5, 5.41) is 0. The quantitative estimate of drug-likeness (QED) is 0.172. The van der Waals surface area contributed by atoms with Crippen molar-refractivity contribution in [3.63, 3.8) is 0 Å². The lowest BCUT2D eigenvalue weighted by atomic mass is 9.97. The Kier molecular flexibility index (Phi) is 7.37. The summed E-state index contributed by atoms with van der Waals surface area (Å²) in [6.45, 7) is 4.29. The van der Waals surface area contributed by atoms with Gasteiger partial charge >= 0.3 is 0 Å². The van der Waals surface area contributed by atoms with Gasteiger partial charge in [-0.2, -0.15) is 0 Å². The molecule has 5 aromatic rings. The molecule has 0 amide bonds. The minimum absolute atomic E-state index is 1.05. The highest BCUT2D eigenvalue weighted by molar-refractivity contribution is 9.11. The zero-order chi connectivity index (χ0) is 24.0. The fraction of sp³-hybridized carbons (Fsp3) is 0.0714. The van der Waals surface area contributed by atoms with Crippen LogP contribution in [-0.2, 0) is 0 Å². The molecule has 0 aliphatic rings. The predicted octanol–water partition coefficient (Wildman–Crippen LogP) is 12.1. The van der Waals surface area contributed by atoms with E-state index < -0.39 is 0 Å². The standard InChI is InChI=1S/C28H18Br4S2/c1-15-3-9-27(33-15)17-6-8-23(29)20(11-17)22-13-21(25(31)14-26(22)32)19-7-5-18(12-24(19)30)28-10-4-16(2)34-28/h3-14H,1-2H3. The molecule has 6 heteroatoms. The molecular formula is C28H18Br4S2. The summed E-state index contributed by atoms with van der Waals surface area (Å²) in [7, 11) is 0. The first-order chi connectivity index (χ1) is 16.3. The van der Waals surface area contributed by atoms with Gasteiger partial charge < -0.3 is 0 Å². The second-order valence-corrected chi connectivity index (χ2v) is 14.0. The van der Waals surface area contributed by atoms with Gasteiger partial charge in [0.1, 0.15) is 0 Å². The van der Waals surface area contributed by atoms with Crippen LogP contribution in [-0.4, -0.2) is 0 Å². The second kappa shape index (κ2) is 10.2. The molecule has 0 saturated carbocycles. The van der Waals surface area contributed by atoms with Gasteiger partial charge in [0, 0.05) is 37.4 Å². The SMILES string of the molecule is Cc1ccc(-c2ccc(-c3cc(-c4cc(-c5ccc(C)s5)ccc4Br)c(Br)cc3Br)c(Br)c2)s1. The topological polar surface area (TPSA) is 0 Å². The number of benzene rings is 3. The van der Waals surface area contributed by atoms with Crippen molar-refractivity contribution in [2.24, 2.45) is 0 Å². The molecule has 34 heavy (non-hydrogen) atoms. The van der Waals surface area contributed by atoms with Crippen molar-refractivity contribution in [3.05, 3.63) is 100 Å². The summed E-state index contributed by atoms with van der Waals surface area (Å²) in [4.78, 5) is 5.20. The Bertz CT molecular complexity index is 1530. The summed E-state index contributed by atoms with van der Waals surface area (Å²) in [5.74, 6) is 0. The highest BCUT2D eigenvalue weighted by atomic mass is 79.9. The molecule has 0 spiro atoms. The van der Waals surface area contributed by atoms with E-state index in [1.54, 1.807) is 0 Å². The molecule has 0 aliphatic heterocycles. The van der Waals surface area contributed by atoms with Gasteiger partial charge in [0.25, 0.3) is 0 Å². The van der Waals surface area contributed by atoms with Gasteiger partial charge in [-0.15, -0.1) is 22.7 Å². The lowest BCUT2D eigenvalue weighted by molar-refractivity contribution is 1.51. The summed E-state index contributed by atoms with van der Waals surface area (Å²) in [6.07, 6.45) is 0. The molecule has 0 aliphatic carbocycles. The van der Waals surface area contributed by atoms with Gasteiger partial charge in [0.15, 0.2) is 0 Å². The number of halogens is 4. The fourth-order valence-corrected chi connectivity index (χ4v) is 8.11. The van der Waals surface area contributed by atoms with Gasteiger partial charge in [-0.05, 0) is 102 Å². The molecule has 0 nitrogen and oxygen atoms in total. The highest BCUT2D eigenvalue weighted by Crippen LogP contribution is 2.44. The van der Waals surface area contributed by atoms with Crippen LogP contribution in [0.5, 0.6) is 0 Å². The molecule has 5 rings (SSSR count). The smallest absolute Gasteiger partial charge is 0.0345 e. The molecule has 170 valence electrons. The molecule has 2 heterocycles. The Morgan fingerprint density at radius 2 is 0.941 bits per heavy atom. The summed E-state index contributed by atoms with van der Waals surface area (Å²) in [5.41, 5.74) is 7.05. The Hall–Kier alpha value is -1.02. The molecular weight excluding hydrogens is 720 g/mol. The van der Waals surface area contributed by atoms with Gasteiger partial charge in [-0.1, -0.05) is 81.9 Å². The van der Waals surface area contributed by atoms with Crippen molar-refractivity contribution in [2.75, 3.05) is 0 Å². The normalized spacial score (nSPS) is 11.2. The van der Waals surface area contributed by atoms with Crippen LogP contribution in [0, 0.1) is 13.8 Å². The van der Waals surface area contributed by atoms with E-state index in [-0.39, 0.29) is 0 Å². The van der Waals surface area contributed by atoms with E-state index in [1.807, 2.05) is 22.7 Å². The largest absolute Gasteiger partial charge is 0.141 e. The summed E-state index contributed by atoms with van der Waals surface area (Å²) in [6, 6.07) is 26.3. The minimum Gasteiger partial charge on any atom is -0.141 e. The van der Waals surface area contributed by atoms with Crippen molar-refractivity contribution in [1.82, 2.24) is 0 Å². The van der Waals surface area contributed by atoms with E-state index in [0.717, 1.165) is 40.1 Å². The van der Waals surface area contributed by atoms with Crippen LogP contribution >= 0.6 is 86.4 Å². The molecule has 0 atom stereocenters. The maximum atomic E-state index is 3.84. The lowest BCUT2D eigenvalue weighted by Crippen LogP contribution is -1.89. The van der Waals surface area contributed by atoms with E-state index in [4.69, 9.17) is 0 Å². The van der Waals surface area contributed by atoms with Crippen molar-refractivity contribution >= 4 is 86.4 Å². The Morgan fingerprint density at radius 3 is 1.50 bits per heavy atom. The third-order valence-electron chi connectivity index (χ3n) is 5.62. The van der Waals surface area contributed by atoms with Crippen molar-refractivity contribution in [1.29, 1.82) is 0 Å². The first kappa shape index (κ1) is 24.7. The van der Waals surface area contributed by atoms with Crippen molar-refractivity contribution < 1.29 is 0 Å². The number of hydrogen-bond donors (Lipinski definition) is 0. The zero-order valence-electron chi connectivity index (χ0n) is 18.3. The Morgan fingerprint density at radius 1 is 0.441 bits per heavy atom. The molecule has 2 aromatic heterocycles. The average molecular weight is 738 g/mol. The first-order valence-corrected chi connectivity index (χ1v) is 15.3. The van der Waals surface area contributed by atoms with Crippen LogP contribution < -0.4 is 0 Å². The van der Waals surface area contributed by atoms with Crippen molar-refractivity contribution in [2.45, 2.75) is 13.8 Å². The zero-order valence-corrected chi connectivity index (χ0v) is 26.2. The molecule has 0 bridgehead atoms. The van der Waals surface area contributed by atoms with Gasteiger partial charge in [-0.25, -0.2) is 0 Å². The third kappa shape index (κ3) is 4.95. The van der Waals surface area contributed by atoms with Gasteiger partial charge in [-0.3, -0.25) is 0 Å². The monoisotopic (exact) mass is 734 g/mol. The number of rotatable bonds is 4. The van der Waals surface area contributed by atoms with Crippen LogP contribution in [0.25, 0.3) is 43.1 Å². The van der Waals surface area contributed by atoms with E-state index in [2.05, 4.69) is 150 Å². The predicted molar refractivity (Wildman–Crippen MR) is 164 cm³/mol. The summed E-state index contributed by atoms with van der Waals surface area (Å²) >= 11 is 18.9. The number of aryl methyl sites for hydroxylation is 2. The highest BCUT2D eigenvalue weighted by Gasteiger charge is 2.16. The van der Waals surface area contributed by atoms with Crippen LogP contribution in [0.2, 0.25) is 0 Å². The average Bonchev–Trinajstić information content (AvgIpc) is 3.43. The first-order valence-electron chi connectivity index (χ1n) is 10.5. The van der Waals surface area contributed by atoms with E-state index in [9.17, 15) is 0 Å². The maximum absolute atomic E-state index is 3.84. The lowest BCUT2D eigenvalue weighted by Gasteiger charge is -2.15. The minimum atomic E-state index is 1.05. The second-order valence-electron chi connectivity index (χ2n) is 8.02. The van der Waals surface area contributed by atoms with Crippen LogP contribution in [0.15, 0.2) is 90.7 Å². The van der Waals surface area contributed by atoms with Crippen LogP contribution in [0.4, 0.5) is 0 Å². The van der Waals surface area contributed by atoms with Gasteiger partial charge in [0.05, 0.1) is 0 Å². The third-order valence-corrected chi connectivity index (χ3v) is 10.4. The molecule has 0 radical (unpaired) electrons. The Balaban J connectivity index is 1.61. The van der Waals surface area contributed by atoms with Crippen LogP contribution in [0.1, 0.15) is 9.75 Å². The molecule has 0 fully saturated rings. The molecule has 0 unspecified atom stereocenters. The summed E-state index contributed by atoms with van der Waals surface area (Å²) < 4.78 is 4.24. The van der Waals surface area contributed by atoms with E-state index in [1.165, 1.54) is 30.6 Å². The van der Waals surface area contributed by atoms with Crippen LogP contribution in [0.3, 0.4) is 0 Å². The fourth-order valence-electron chi connectivity index (χ4n) is 3.91. The number of thiophene rings is 2. The number of hydrogen-bond acceptors (Lipinski definition) is 2. The van der Waals surface area contributed by atoms with Gasteiger partial charge in [0.2, 0.25) is 0 Å². The molecule has 3 aromatic carbocycles. The maximum Gasteiger partial charge on any atom is 0.0345 e. The Labute approximate surface area is 241 Å².